The zero-order chi connectivity index (χ0) is 25.7. The van der Waals surface area contributed by atoms with E-state index in [1.54, 1.807) is 60.9 Å². The monoisotopic (exact) mass is 572 g/mol. The van der Waals surface area contributed by atoms with Gasteiger partial charge in [0.15, 0.2) is 0 Å². The van der Waals surface area contributed by atoms with E-state index >= 15 is 0 Å². The summed E-state index contributed by atoms with van der Waals surface area (Å²) in [4.78, 5) is 13.4. The highest BCUT2D eigenvalue weighted by Crippen LogP contribution is 2.32. The molecule has 0 aliphatic carbocycles. The summed E-state index contributed by atoms with van der Waals surface area (Å²) < 4.78 is 34.3. The van der Waals surface area contributed by atoms with Gasteiger partial charge in [-0.2, -0.15) is 0 Å². The zero-order valence-corrected chi connectivity index (χ0v) is 22.6. The molecule has 38 heavy (non-hydrogen) atoms. The van der Waals surface area contributed by atoms with Crippen molar-refractivity contribution in [2.24, 2.45) is 0 Å². The summed E-state index contributed by atoms with van der Waals surface area (Å²) in [6.45, 7) is 1.89. The van der Waals surface area contributed by atoms with Crippen molar-refractivity contribution in [3.05, 3.63) is 84.1 Å². The molecule has 3 N–H and O–H groups in total. The van der Waals surface area contributed by atoms with Crippen molar-refractivity contribution in [1.82, 2.24) is 20.3 Å². The van der Waals surface area contributed by atoms with Gasteiger partial charge in [0.2, 0.25) is 11.8 Å². The van der Waals surface area contributed by atoms with Crippen LogP contribution in [0.5, 0.6) is 11.6 Å². The number of halogens is 2. The smallest absolute Gasteiger partial charge is 0.263 e. The van der Waals surface area contributed by atoms with Gasteiger partial charge >= 0.3 is 0 Å². The number of sulfonamides is 1. The first kappa shape index (κ1) is 27.6. The van der Waals surface area contributed by atoms with Crippen molar-refractivity contribution in [2.45, 2.75) is 23.8 Å². The van der Waals surface area contributed by atoms with Crippen molar-refractivity contribution in [1.29, 1.82) is 0 Å². The van der Waals surface area contributed by atoms with Crippen LogP contribution in [0, 0.1) is 0 Å². The molecule has 0 spiro atoms. The minimum atomic E-state index is -3.88. The summed E-state index contributed by atoms with van der Waals surface area (Å²) in [7, 11) is -3.88. The van der Waals surface area contributed by atoms with Crippen LogP contribution in [-0.4, -0.2) is 42.5 Å². The van der Waals surface area contributed by atoms with Gasteiger partial charge in [-0.05, 0) is 61.9 Å². The standard InChI is InChI=1S/C26H25ClN6O3S.ClH/c27-22-10-1-2-11-24(22)37(34,35)33-18-6-3-8-20(16-18)36-25-21(9-5-14-29-25)23-12-15-30-26(32-23)31-19-7-4-13-28-17-19;/h1-3,5-6,8-12,14-16,19,28,33H,4,7,13,17H2,(H,30,31,32);1H/t19-;/m0./s1. The van der Waals surface area contributed by atoms with Crippen LogP contribution in [0.1, 0.15) is 12.8 Å². The number of rotatable bonds is 8. The van der Waals surface area contributed by atoms with Crippen molar-refractivity contribution in [3.63, 3.8) is 0 Å². The van der Waals surface area contributed by atoms with Gasteiger partial charge in [-0.25, -0.2) is 23.4 Å². The van der Waals surface area contributed by atoms with Gasteiger partial charge in [0.1, 0.15) is 10.6 Å². The Kier molecular flexibility index (Phi) is 9.01. The maximum Gasteiger partial charge on any atom is 0.263 e. The number of anilines is 2. The van der Waals surface area contributed by atoms with E-state index < -0.39 is 10.0 Å². The van der Waals surface area contributed by atoms with Gasteiger partial charge in [0, 0.05) is 31.0 Å². The van der Waals surface area contributed by atoms with Crippen LogP contribution in [0.4, 0.5) is 11.6 Å². The van der Waals surface area contributed by atoms with Gasteiger partial charge in [-0.1, -0.05) is 29.8 Å². The number of ether oxygens (including phenoxy) is 1. The summed E-state index contributed by atoms with van der Waals surface area (Å²) in [6, 6.07) is 18.6. The number of piperidine rings is 1. The first-order valence-electron chi connectivity index (χ1n) is 11.8. The maximum atomic E-state index is 12.8. The molecule has 2 aromatic heterocycles. The minimum absolute atomic E-state index is 0. The van der Waals surface area contributed by atoms with Crippen LogP contribution < -0.4 is 20.1 Å². The minimum Gasteiger partial charge on any atom is -0.438 e. The molecule has 1 fully saturated rings. The summed E-state index contributed by atoms with van der Waals surface area (Å²) in [5.41, 5.74) is 1.65. The van der Waals surface area contributed by atoms with E-state index in [4.69, 9.17) is 16.3 Å². The summed E-state index contributed by atoms with van der Waals surface area (Å²) in [6.07, 6.45) is 5.47. The van der Waals surface area contributed by atoms with E-state index in [1.807, 2.05) is 6.07 Å². The Morgan fingerprint density at radius 3 is 2.68 bits per heavy atom. The summed E-state index contributed by atoms with van der Waals surface area (Å²) in [5, 5.41) is 6.90. The Morgan fingerprint density at radius 1 is 1.00 bits per heavy atom. The Bertz CT molecular complexity index is 1500. The van der Waals surface area contributed by atoms with Crippen LogP contribution in [0.25, 0.3) is 11.3 Å². The van der Waals surface area contributed by atoms with Crippen LogP contribution in [0.15, 0.2) is 84.0 Å². The molecule has 0 saturated carbocycles. The second-order valence-corrected chi connectivity index (χ2v) is 10.5. The molecule has 1 saturated heterocycles. The maximum absolute atomic E-state index is 12.8. The number of hydrogen-bond donors (Lipinski definition) is 3. The third kappa shape index (κ3) is 6.70. The molecule has 0 amide bonds. The Balaban J connectivity index is 0.00000336. The molecule has 0 unspecified atom stereocenters. The van der Waals surface area contributed by atoms with Crippen molar-refractivity contribution >= 4 is 45.7 Å². The molecular formula is C26H26Cl2N6O3S. The number of nitrogens with one attached hydrogen (secondary N) is 3. The predicted octanol–water partition coefficient (Wildman–Crippen LogP) is 5.37. The van der Waals surface area contributed by atoms with Crippen LogP contribution in [-0.2, 0) is 10.0 Å². The largest absolute Gasteiger partial charge is 0.438 e. The Morgan fingerprint density at radius 2 is 1.87 bits per heavy atom. The quantitative estimate of drug-likeness (QED) is 0.258. The van der Waals surface area contributed by atoms with Crippen LogP contribution >= 0.6 is 24.0 Å². The number of hydrogen-bond acceptors (Lipinski definition) is 8. The topological polar surface area (TPSA) is 118 Å². The molecule has 1 aliphatic rings. The fourth-order valence-corrected chi connectivity index (χ4v) is 5.58. The lowest BCUT2D eigenvalue weighted by Gasteiger charge is -2.23. The molecule has 0 radical (unpaired) electrons. The molecule has 12 heteroatoms. The Hall–Kier alpha value is -3.44. The number of pyridine rings is 1. The first-order chi connectivity index (χ1) is 18.0. The van der Waals surface area contributed by atoms with E-state index in [9.17, 15) is 8.42 Å². The second kappa shape index (κ2) is 12.4. The number of benzene rings is 2. The van der Waals surface area contributed by atoms with Crippen LogP contribution in [0.3, 0.4) is 0 Å². The lowest BCUT2D eigenvalue weighted by Crippen LogP contribution is -2.38. The van der Waals surface area contributed by atoms with Gasteiger partial charge < -0.3 is 15.4 Å². The highest BCUT2D eigenvalue weighted by atomic mass is 35.5. The molecule has 3 heterocycles. The molecule has 1 aliphatic heterocycles. The Labute approximate surface area is 232 Å². The number of aromatic nitrogens is 3. The molecule has 198 valence electrons. The van der Waals surface area contributed by atoms with E-state index in [0.29, 0.717) is 34.5 Å². The van der Waals surface area contributed by atoms with Crippen molar-refractivity contribution in [3.8, 4) is 22.9 Å². The highest BCUT2D eigenvalue weighted by Gasteiger charge is 2.19. The molecule has 1 atom stereocenters. The SMILES string of the molecule is Cl.O=S(=O)(Nc1cccc(Oc2ncccc2-c2ccnc(N[C@H]3CCCNC3)n2)c1)c1ccccc1Cl. The summed E-state index contributed by atoms with van der Waals surface area (Å²) >= 11 is 6.08. The molecular weight excluding hydrogens is 547 g/mol. The fourth-order valence-electron chi connectivity index (χ4n) is 4.01. The molecule has 5 rings (SSSR count). The van der Waals surface area contributed by atoms with Gasteiger partial charge in [0.05, 0.1) is 22.0 Å². The van der Waals surface area contributed by atoms with E-state index in [-0.39, 0.29) is 28.4 Å². The third-order valence-electron chi connectivity index (χ3n) is 5.76. The summed E-state index contributed by atoms with van der Waals surface area (Å²) in [5.74, 6) is 1.27. The predicted molar refractivity (Wildman–Crippen MR) is 151 cm³/mol. The molecule has 4 aromatic rings. The lowest BCUT2D eigenvalue weighted by atomic mass is 10.1. The zero-order valence-electron chi connectivity index (χ0n) is 20.2. The van der Waals surface area contributed by atoms with Gasteiger partial charge in [-0.3, -0.25) is 4.72 Å². The second-order valence-electron chi connectivity index (χ2n) is 8.48. The molecule has 2 aromatic carbocycles. The average Bonchev–Trinajstić information content (AvgIpc) is 2.90. The van der Waals surface area contributed by atoms with E-state index in [1.165, 1.54) is 12.1 Å². The molecule has 0 bridgehead atoms. The van der Waals surface area contributed by atoms with E-state index in [0.717, 1.165) is 25.9 Å². The van der Waals surface area contributed by atoms with Crippen molar-refractivity contribution in [2.75, 3.05) is 23.1 Å². The third-order valence-corrected chi connectivity index (χ3v) is 7.64. The van der Waals surface area contributed by atoms with E-state index in [2.05, 4.69) is 30.3 Å². The first-order valence-corrected chi connectivity index (χ1v) is 13.6. The molecule has 9 nitrogen and oxygen atoms in total. The fraction of sp³-hybridized carbons (Fsp3) is 0.192. The van der Waals surface area contributed by atoms with Crippen molar-refractivity contribution < 1.29 is 13.2 Å². The highest BCUT2D eigenvalue weighted by molar-refractivity contribution is 7.92. The van der Waals surface area contributed by atoms with Gasteiger partial charge in [0.25, 0.3) is 10.0 Å². The average molecular weight is 574 g/mol. The lowest BCUT2D eigenvalue weighted by molar-refractivity contribution is 0.465. The van der Waals surface area contributed by atoms with Crippen LogP contribution in [0.2, 0.25) is 5.02 Å². The van der Waals surface area contributed by atoms with Gasteiger partial charge in [-0.15, -0.1) is 12.4 Å². The number of nitrogens with zero attached hydrogens (tertiary/aromatic N) is 3. The normalized spacial score (nSPS) is 15.2.